The number of rotatable bonds is 4. The summed E-state index contributed by atoms with van der Waals surface area (Å²) in [7, 11) is 1.88. The second kappa shape index (κ2) is 6.02. The predicted octanol–water partition coefficient (Wildman–Crippen LogP) is 1.29. The SMILES string of the molecule is CNCC(C)C(=O)NC1CCCCC1. The monoisotopic (exact) mass is 198 g/mol. The summed E-state index contributed by atoms with van der Waals surface area (Å²) >= 11 is 0. The standard InChI is InChI=1S/C11H22N2O/c1-9(8-12-2)11(14)13-10-6-4-3-5-7-10/h9-10,12H,3-8H2,1-2H3,(H,13,14). The molecule has 1 saturated carbocycles. The van der Waals surface area contributed by atoms with Crippen molar-refractivity contribution >= 4 is 5.91 Å². The van der Waals surface area contributed by atoms with Crippen LogP contribution in [0.4, 0.5) is 0 Å². The molecule has 0 saturated heterocycles. The van der Waals surface area contributed by atoms with E-state index in [2.05, 4.69) is 10.6 Å². The second-order valence-electron chi connectivity index (χ2n) is 4.30. The van der Waals surface area contributed by atoms with Crippen LogP contribution in [0, 0.1) is 5.92 Å². The fraction of sp³-hybridized carbons (Fsp3) is 0.909. The highest BCUT2D eigenvalue weighted by molar-refractivity contribution is 5.78. The fourth-order valence-electron chi connectivity index (χ4n) is 1.99. The van der Waals surface area contributed by atoms with Crippen LogP contribution >= 0.6 is 0 Å². The van der Waals surface area contributed by atoms with Gasteiger partial charge in [0.2, 0.25) is 5.91 Å². The molecule has 3 nitrogen and oxygen atoms in total. The van der Waals surface area contributed by atoms with Gasteiger partial charge in [-0.05, 0) is 19.9 Å². The lowest BCUT2D eigenvalue weighted by Crippen LogP contribution is -2.41. The maximum atomic E-state index is 11.7. The number of nitrogens with one attached hydrogen (secondary N) is 2. The van der Waals surface area contributed by atoms with E-state index in [1.807, 2.05) is 14.0 Å². The Morgan fingerprint density at radius 1 is 1.36 bits per heavy atom. The van der Waals surface area contributed by atoms with Gasteiger partial charge < -0.3 is 10.6 Å². The van der Waals surface area contributed by atoms with Crippen LogP contribution < -0.4 is 10.6 Å². The number of carbonyl (C=O) groups is 1. The van der Waals surface area contributed by atoms with E-state index in [1.54, 1.807) is 0 Å². The Morgan fingerprint density at radius 2 is 2.00 bits per heavy atom. The van der Waals surface area contributed by atoms with E-state index in [9.17, 15) is 4.79 Å². The van der Waals surface area contributed by atoms with Crippen molar-refractivity contribution in [1.82, 2.24) is 10.6 Å². The van der Waals surface area contributed by atoms with Crippen molar-refractivity contribution in [3.05, 3.63) is 0 Å². The van der Waals surface area contributed by atoms with Crippen molar-refractivity contribution in [3.8, 4) is 0 Å². The first kappa shape index (κ1) is 11.5. The molecule has 1 amide bonds. The topological polar surface area (TPSA) is 41.1 Å². The van der Waals surface area contributed by atoms with Crippen molar-refractivity contribution in [2.75, 3.05) is 13.6 Å². The normalized spacial score (nSPS) is 20.4. The molecule has 0 aromatic rings. The molecular weight excluding hydrogens is 176 g/mol. The van der Waals surface area contributed by atoms with Crippen molar-refractivity contribution in [2.45, 2.75) is 45.1 Å². The fourth-order valence-corrected chi connectivity index (χ4v) is 1.99. The molecule has 2 N–H and O–H groups in total. The maximum absolute atomic E-state index is 11.7. The van der Waals surface area contributed by atoms with Gasteiger partial charge in [0, 0.05) is 18.5 Å². The van der Waals surface area contributed by atoms with Gasteiger partial charge in [0.1, 0.15) is 0 Å². The molecule has 0 radical (unpaired) electrons. The number of carbonyl (C=O) groups excluding carboxylic acids is 1. The predicted molar refractivity (Wildman–Crippen MR) is 58.1 cm³/mol. The first-order valence-electron chi connectivity index (χ1n) is 5.69. The van der Waals surface area contributed by atoms with Gasteiger partial charge in [0.15, 0.2) is 0 Å². The number of hydrogen-bond acceptors (Lipinski definition) is 2. The highest BCUT2D eigenvalue weighted by Crippen LogP contribution is 2.17. The van der Waals surface area contributed by atoms with E-state index in [0.29, 0.717) is 6.04 Å². The smallest absolute Gasteiger partial charge is 0.224 e. The molecule has 1 aliphatic carbocycles. The Morgan fingerprint density at radius 3 is 2.57 bits per heavy atom. The van der Waals surface area contributed by atoms with Crippen LogP contribution in [-0.4, -0.2) is 25.5 Å². The zero-order valence-corrected chi connectivity index (χ0v) is 9.31. The van der Waals surface area contributed by atoms with Crippen molar-refractivity contribution in [1.29, 1.82) is 0 Å². The van der Waals surface area contributed by atoms with Crippen LogP contribution in [0.3, 0.4) is 0 Å². The molecule has 0 heterocycles. The van der Waals surface area contributed by atoms with Gasteiger partial charge in [-0.2, -0.15) is 0 Å². The Hall–Kier alpha value is -0.570. The third kappa shape index (κ3) is 3.66. The molecule has 0 aromatic carbocycles. The molecule has 1 rings (SSSR count). The first-order chi connectivity index (χ1) is 6.74. The van der Waals surface area contributed by atoms with Gasteiger partial charge in [0.05, 0.1) is 0 Å². The molecule has 14 heavy (non-hydrogen) atoms. The minimum Gasteiger partial charge on any atom is -0.353 e. The Bertz CT molecular complexity index is 176. The zero-order valence-electron chi connectivity index (χ0n) is 9.31. The zero-order chi connectivity index (χ0) is 10.4. The van der Waals surface area contributed by atoms with Crippen LogP contribution in [0.5, 0.6) is 0 Å². The van der Waals surface area contributed by atoms with E-state index >= 15 is 0 Å². The molecule has 0 bridgehead atoms. The van der Waals surface area contributed by atoms with Crippen LogP contribution in [0.15, 0.2) is 0 Å². The van der Waals surface area contributed by atoms with Gasteiger partial charge in [-0.1, -0.05) is 26.2 Å². The van der Waals surface area contributed by atoms with Gasteiger partial charge in [-0.25, -0.2) is 0 Å². The molecule has 82 valence electrons. The Balaban J connectivity index is 2.24. The minimum absolute atomic E-state index is 0.0851. The summed E-state index contributed by atoms with van der Waals surface area (Å²) in [5, 5.41) is 6.15. The lowest BCUT2D eigenvalue weighted by atomic mass is 9.95. The third-order valence-electron chi connectivity index (χ3n) is 2.91. The highest BCUT2D eigenvalue weighted by atomic mass is 16.1. The van der Waals surface area contributed by atoms with E-state index in [0.717, 1.165) is 19.4 Å². The van der Waals surface area contributed by atoms with Gasteiger partial charge in [-0.3, -0.25) is 4.79 Å². The maximum Gasteiger partial charge on any atom is 0.224 e. The van der Waals surface area contributed by atoms with Gasteiger partial charge in [-0.15, -0.1) is 0 Å². The lowest BCUT2D eigenvalue weighted by Gasteiger charge is -2.24. The summed E-state index contributed by atoms with van der Waals surface area (Å²) < 4.78 is 0. The van der Waals surface area contributed by atoms with E-state index in [-0.39, 0.29) is 11.8 Å². The molecule has 1 atom stereocenters. The van der Waals surface area contributed by atoms with E-state index in [4.69, 9.17) is 0 Å². The van der Waals surface area contributed by atoms with Crippen LogP contribution in [-0.2, 0) is 4.79 Å². The highest BCUT2D eigenvalue weighted by Gasteiger charge is 2.18. The third-order valence-corrected chi connectivity index (χ3v) is 2.91. The molecule has 0 aliphatic heterocycles. The summed E-state index contributed by atoms with van der Waals surface area (Å²) in [5.41, 5.74) is 0. The summed E-state index contributed by atoms with van der Waals surface area (Å²) in [6, 6.07) is 0.440. The lowest BCUT2D eigenvalue weighted by molar-refractivity contribution is -0.125. The summed E-state index contributed by atoms with van der Waals surface area (Å²) in [4.78, 5) is 11.7. The van der Waals surface area contributed by atoms with E-state index in [1.165, 1.54) is 19.3 Å². The van der Waals surface area contributed by atoms with Crippen molar-refractivity contribution < 1.29 is 4.79 Å². The van der Waals surface area contributed by atoms with Crippen molar-refractivity contribution in [2.24, 2.45) is 5.92 Å². The van der Waals surface area contributed by atoms with E-state index < -0.39 is 0 Å². The van der Waals surface area contributed by atoms with Gasteiger partial charge in [0.25, 0.3) is 0 Å². The average Bonchev–Trinajstić information content (AvgIpc) is 2.19. The van der Waals surface area contributed by atoms with Gasteiger partial charge >= 0.3 is 0 Å². The van der Waals surface area contributed by atoms with Crippen LogP contribution in [0.1, 0.15) is 39.0 Å². The molecule has 1 fully saturated rings. The molecular formula is C11H22N2O. The molecule has 1 aliphatic rings. The number of amides is 1. The Kier molecular flexibility index (Phi) is 4.94. The van der Waals surface area contributed by atoms with Crippen molar-refractivity contribution in [3.63, 3.8) is 0 Å². The molecule has 3 heteroatoms. The quantitative estimate of drug-likeness (QED) is 0.714. The Labute approximate surface area is 86.6 Å². The second-order valence-corrected chi connectivity index (χ2v) is 4.30. The van der Waals surface area contributed by atoms with Crippen LogP contribution in [0.2, 0.25) is 0 Å². The summed E-state index contributed by atoms with van der Waals surface area (Å²) in [6.07, 6.45) is 6.20. The number of hydrogen-bond donors (Lipinski definition) is 2. The molecule has 0 spiro atoms. The summed E-state index contributed by atoms with van der Waals surface area (Å²) in [6.45, 7) is 2.73. The molecule has 1 unspecified atom stereocenters. The average molecular weight is 198 g/mol. The molecule has 0 aromatic heterocycles. The largest absolute Gasteiger partial charge is 0.353 e. The summed E-state index contributed by atoms with van der Waals surface area (Å²) in [5.74, 6) is 0.285. The first-order valence-corrected chi connectivity index (χ1v) is 5.69. The minimum atomic E-state index is 0.0851. The van der Waals surface area contributed by atoms with Crippen LogP contribution in [0.25, 0.3) is 0 Å².